The van der Waals surface area contributed by atoms with Crippen LogP contribution in [0.2, 0.25) is 0 Å². The first kappa shape index (κ1) is 18.4. The molecule has 0 bridgehead atoms. The highest BCUT2D eigenvalue weighted by atomic mass is 35.6. The van der Waals surface area contributed by atoms with Crippen LogP contribution in [0.25, 0.3) is 0 Å². The first-order valence-electron chi connectivity index (χ1n) is 4.08. The zero-order valence-corrected chi connectivity index (χ0v) is 13.2. The Hall–Kier alpha value is 0.420. The number of alkyl halides is 6. The molecule has 104 valence electrons. The fourth-order valence-electron chi connectivity index (χ4n) is 0.606. The van der Waals surface area contributed by atoms with Crippen molar-refractivity contribution >= 4 is 81.4 Å². The Morgan fingerprint density at radius 2 is 1.56 bits per heavy atom. The van der Waals surface area contributed by atoms with Crippen molar-refractivity contribution in [2.24, 2.45) is 0 Å². The molecule has 0 radical (unpaired) electrons. The molecule has 0 saturated heterocycles. The lowest BCUT2D eigenvalue weighted by Crippen LogP contribution is -2.24. The van der Waals surface area contributed by atoms with Gasteiger partial charge < -0.3 is 9.47 Å². The summed E-state index contributed by atoms with van der Waals surface area (Å²) >= 11 is 31.8. The third kappa shape index (κ3) is 7.12. The van der Waals surface area contributed by atoms with E-state index in [0.29, 0.717) is 0 Å². The van der Waals surface area contributed by atoms with E-state index in [1.807, 2.05) is 0 Å². The molecule has 0 unspecified atom stereocenters. The van der Waals surface area contributed by atoms with Crippen molar-refractivity contribution in [3.63, 3.8) is 0 Å². The van der Waals surface area contributed by atoms with E-state index in [4.69, 9.17) is 74.3 Å². The largest absolute Gasteiger partial charge is 0.497 e. The molecule has 0 amide bonds. The fraction of sp³-hybridized carbons (Fsp3) is 0.500. The van der Waals surface area contributed by atoms with E-state index in [1.54, 1.807) is 0 Å². The third-order valence-electron chi connectivity index (χ3n) is 1.41. The molecule has 0 atom stereocenters. The van der Waals surface area contributed by atoms with Crippen LogP contribution >= 0.6 is 69.6 Å². The standard InChI is InChI=1S/C8H6Cl6O4/c1-17-4(2-5(15)7(9,10)11)3-18-6(16)8(12,13)14/h2H,3H2,1H3/b4-2-. The minimum atomic E-state index is -2.22. The van der Waals surface area contributed by atoms with Gasteiger partial charge in [-0.2, -0.15) is 0 Å². The highest BCUT2D eigenvalue weighted by Gasteiger charge is 2.33. The zero-order chi connectivity index (χ0) is 14.6. The molecule has 0 aliphatic rings. The summed E-state index contributed by atoms with van der Waals surface area (Å²) in [5.74, 6) is -2.07. The lowest BCUT2D eigenvalue weighted by molar-refractivity contribution is -0.142. The number of carbonyl (C=O) groups excluding carboxylic acids is 2. The van der Waals surface area contributed by atoms with E-state index in [9.17, 15) is 9.59 Å². The average molecular weight is 379 g/mol. The summed E-state index contributed by atoms with van der Waals surface area (Å²) in [6, 6.07) is 0. The van der Waals surface area contributed by atoms with Crippen LogP contribution < -0.4 is 0 Å². The highest BCUT2D eigenvalue weighted by Crippen LogP contribution is 2.29. The van der Waals surface area contributed by atoms with Gasteiger partial charge in [-0.1, -0.05) is 69.6 Å². The number of esters is 1. The van der Waals surface area contributed by atoms with Gasteiger partial charge in [-0.05, 0) is 0 Å². The molecular weight excluding hydrogens is 373 g/mol. The molecule has 0 aromatic carbocycles. The summed E-state index contributed by atoms with van der Waals surface area (Å²) in [6.45, 7) is -0.449. The zero-order valence-electron chi connectivity index (χ0n) is 8.69. The maximum atomic E-state index is 11.3. The van der Waals surface area contributed by atoms with Gasteiger partial charge in [0.1, 0.15) is 12.4 Å². The summed E-state index contributed by atoms with van der Waals surface area (Å²) in [6.07, 6.45) is 0.860. The molecule has 18 heavy (non-hydrogen) atoms. The predicted molar refractivity (Wildman–Crippen MR) is 71.6 cm³/mol. The number of rotatable bonds is 4. The second-order valence-corrected chi connectivity index (χ2v) is 7.31. The first-order chi connectivity index (χ1) is 7.98. The van der Waals surface area contributed by atoms with Crippen molar-refractivity contribution in [1.82, 2.24) is 0 Å². The monoisotopic (exact) mass is 376 g/mol. The van der Waals surface area contributed by atoms with Crippen LogP contribution in [0.4, 0.5) is 0 Å². The van der Waals surface area contributed by atoms with Crippen molar-refractivity contribution < 1.29 is 19.1 Å². The summed E-state index contributed by atoms with van der Waals surface area (Å²) in [5, 5.41) is 0. The number of hydrogen-bond acceptors (Lipinski definition) is 4. The van der Waals surface area contributed by atoms with Gasteiger partial charge in [0, 0.05) is 6.08 Å². The second-order valence-electron chi connectivity index (χ2n) is 2.75. The predicted octanol–water partition coefficient (Wildman–Crippen LogP) is 3.37. The van der Waals surface area contributed by atoms with Gasteiger partial charge in [-0.15, -0.1) is 0 Å². The Morgan fingerprint density at radius 3 is 1.89 bits per heavy atom. The van der Waals surface area contributed by atoms with E-state index in [2.05, 4.69) is 4.74 Å². The smallest absolute Gasteiger partial charge is 0.358 e. The van der Waals surface area contributed by atoms with Crippen LogP contribution in [-0.2, 0) is 19.1 Å². The average Bonchev–Trinajstić information content (AvgIpc) is 2.20. The molecule has 0 saturated carbocycles. The van der Waals surface area contributed by atoms with E-state index < -0.39 is 25.9 Å². The Kier molecular flexibility index (Phi) is 7.44. The van der Waals surface area contributed by atoms with Crippen molar-refractivity contribution in [3.05, 3.63) is 11.8 Å². The Labute approximate surface area is 133 Å². The van der Waals surface area contributed by atoms with Gasteiger partial charge in [-0.3, -0.25) is 4.79 Å². The van der Waals surface area contributed by atoms with E-state index in [1.165, 1.54) is 7.11 Å². The van der Waals surface area contributed by atoms with E-state index in [0.717, 1.165) is 6.08 Å². The molecule has 0 aliphatic heterocycles. The van der Waals surface area contributed by atoms with E-state index in [-0.39, 0.29) is 5.76 Å². The summed E-state index contributed by atoms with van der Waals surface area (Å²) < 4.78 is 4.94. The highest BCUT2D eigenvalue weighted by molar-refractivity contribution is 6.77. The lowest BCUT2D eigenvalue weighted by Gasteiger charge is -2.12. The molecule has 0 aromatic heterocycles. The maximum absolute atomic E-state index is 11.3. The fourth-order valence-corrected chi connectivity index (χ4v) is 0.933. The number of ketones is 1. The molecule has 0 spiro atoms. The third-order valence-corrected chi connectivity index (χ3v) is 2.43. The number of allylic oxidation sites excluding steroid dienone is 1. The summed E-state index contributed by atoms with van der Waals surface area (Å²) in [5.41, 5.74) is 0. The number of methoxy groups -OCH3 is 1. The van der Waals surface area contributed by atoms with Crippen molar-refractivity contribution in [1.29, 1.82) is 0 Å². The van der Waals surface area contributed by atoms with Gasteiger partial charge in [0.25, 0.3) is 7.59 Å². The van der Waals surface area contributed by atoms with Crippen LogP contribution in [0.1, 0.15) is 0 Å². The molecule has 0 N–H and O–H groups in total. The summed E-state index contributed by atoms with van der Waals surface area (Å²) in [7, 11) is 1.22. The van der Waals surface area contributed by atoms with Crippen LogP contribution in [0.15, 0.2) is 11.8 Å². The molecule has 4 nitrogen and oxygen atoms in total. The van der Waals surface area contributed by atoms with Crippen molar-refractivity contribution in [2.75, 3.05) is 13.7 Å². The Balaban J connectivity index is 4.60. The molecule has 0 aliphatic carbocycles. The molecular formula is C8H6Cl6O4. The van der Waals surface area contributed by atoms with Gasteiger partial charge in [-0.25, -0.2) is 4.79 Å². The van der Waals surface area contributed by atoms with Gasteiger partial charge in [0.2, 0.25) is 5.78 Å². The molecule has 0 fully saturated rings. The number of hydrogen-bond donors (Lipinski definition) is 0. The quantitative estimate of drug-likeness (QED) is 0.326. The number of carbonyl (C=O) groups is 2. The van der Waals surface area contributed by atoms with E-state index >= 15 is 0 Å². The Bertz CT molecular complexity index is 354. The van der Waals surface area contributed by atoms with Crippen LogP contribution in [0.5, 0.6) is 0 Å². The molecule has 10 heteroatoms. The normalized spacial score (nSPS) is 13.2. The topological polar surface area (TPSA) is 52.6 Å². The molecule has 0 aromatic rings. The van der Waals surface area contributed by atoms with Gasteiger partial charge in [0.05, 0.1) is 7.11 Å². The van der Waals surface area contributed by atoms with Crippen molar-refractivity contribution in [2.45, 2.75) is 7.59 Å². The summed E-state index contributed by atoms with van der Waals surface area (Å²) in [4.78, 5) is 22.4. The van der Waals surface area contributed by atoms with Gasteiger partial charge >= 0.3 is 5.97 Å². The minimum absolute atomic E-state index is 0.0751. The van der Waals surface area contributed by atoms with Crippen molar-refractivity contribution in [3.8, 4) is 0 Å². The van der Waals surface area contributed by atoms with Crippen LogP contribution in [0, 0.1) is 0 Å². The molecule has 0 rings (SSSR count). The van der Waals surface area contributed by atoms with Gasteiger partial charge in [0.15, 0.2) is 0 Å². The maximum Gasteiger partial charge on any atom is 0.358 e. The SMILES string of the molecule is CO/C(=C\C(=O)C(Cl)(Cl)Cl)COC(=O)C(Cl)(Cl)Cl. The molecule has 0 heterocycles. The van der Waals surface area contributed by atoms with Crippen LogP contribution in [0.3, 0.4) is 0 Å². The Morgan fingerprint density at radius 1 is 1.06 bits per heavy atom. The number of ether oxygens (including phenoxy) is 2. The first-order valence-corrected chi connectivity index (χ1v) is 6.35. The lowest BCUT2D eigenvalue weighted by atomic mass is 10.3. The van der Waals surface area contributed by atoms with Crippen LogP contribution in [-0.4, -0.2) is 33.1 Å². The minimum Gasteiger partial charge on any atom is -0.497 e. The second kappa shape index (κ2) is 7.27. The number of halogens is 6.